The average molecular weight is 225 g/mol. The van der Waals surface area contributed by atoms with Crippen molar-refractivity contribution in [1.29, 1.82) is 0 Å². The van der Waals surface area contributed by atoms with Gasteiger partial charge in [-0.25, -0.2) is 0 Å². The van der Waals surface area contributed by atoms with E-state index in [-0.39, 0.29) is 25.0 Å². The number of rotatable bonds is 1. The smallest absolute Gasteiger partial charge is 0.495 e. The molecule has 0 amide bonds. The quantitative estimate of drug-likeness (QED) is 0.604. The van der Waals surface area contributed by atoms with Gasteiger partial charge in [0.1, 0.15) is 0 Å². The van der Waals surface area contributed by atoms with Gasteiger partial charge in [0.05, 0.1) is 13.1 Å². The molecule has 0 spiro atoms. The molecule has 0 radical (unpaired) electrons. The molecule has 5 nitrogen and oxygen atoms in total. The van der Waals surface area contributed by atoms with E-state index in [9.17, 15) is 9.59 Å². The number of hydrogen-bond acceptors (Lipinski definition) is 5. The van der Waals surface area contributed by atoms with Gasteiger partial charge in [0.2, 0.25) is 0 Å². The van der Waals surface area contributed by atoms with Crippen molar-refractivity contribution >= 4 is 19.1 Å². The third kappa shape index (κ3) is 3.38. The van der Waals surface area contributed by atoms with Crippen LogP contribution in [0.15, 0.2) is 11.0 Å². The van der Waals surface area contributed by atoms with E-state index in [0.717, 1.165) is 11.0 Å². The molecule has 6 heteroatoms. The van der Waals surface area contributed by atoms with Crippen molar-refractivity contribution in [1.82, 2.24) is 4.90 Å². The molecule has 0 aromatic rings. The van der Waals surface area contributed by atoms with Gasteiger partial charge in [0, 0.05) is 0 Å². The van der Waals surface area contributed by atoms with Crippen molar-refractivity contribution in [3.05, 3.63) is 11.0 Å². The Bertz CT molecular complexity index is 316. The van der Waals surface area contributed by atoms with Crippen LogP contribution in [-0.4, -0.2) is 44.1 Å². The summed E-state index contributed by atoms with van der Waals surface area (Å²) >= 11 is 0. The minimum Gasteiger partial charge on any atom is -0.495 e. The number of hydrogen-bond donors (Lipinski definition) is 0. The van der Waals surface area contributed by atoms with Crippen LogP contribution in [0.5, 0.6) is 0 Å². The first kappa shape index (κ1) is 12.8. The molecule has 1 aliphatic rings. The summed E-state index contributed by atoms with van der Waals surface area (Å²) in [6, 6.07) is 0. The lowest BCUT2D eigenvalue weighted by molar-refractivity contribution is -0.145. The second kappa shape index (κ2) is 5.16. The third-order valence-corrected chi connectivity index (χ3v) is 2.42. The van der Waals surface area contributed by atoms with Crippen molar-refractivity contribution < 1.29 is 18.9 Å². The molecule has 1 aliphatic heterocycles. The number of nitrogens with zero attached hydrogens (tertiary/aromatic N) is 1. The highest BCUT2D eigenvalue weighted by Crippen LogP contribution is 2.11. The molecule has 0 aromatic heterocycles. The summed E-state index contributed by atoms with van der Waals surface area (Å²) in [7, 11) is 0.787. The summed E-state index contributed by atoms with van der Waals surface area (Å²) in [5.41, 5.74) is 1.73. The van der Waals surface area contributed by atoms with Crippen molar-refractivity contribution in [3.8, 4) is 0 Å². The maximum absolute atomic E-state index is 11.4. The third-order valence-electron chi connectivity index (χ3n) is 2.42. The van der Waals surface area contributed by atoms with Crippen molar-refractivity contribution in [2.45, 2.75) is 20.8 Å². The van der Waals surface area contributed by atoms with Gasteiger partial charge in [-0.3, -0.25) is 14.5 Å². The second-order valence-corrected chi connectivity index (χ2v) is 4.17. The zero-order valence-corrected chi connectivity index (χ0v) is 10.1. The molecule has 1 saturated heterocycles. The molecule has 0 bridgehead atoms. The zero-order chi connectivity index (χ0) is 12.3. The molecule has 0 atom stereocenters. The van der Waals surface area contributed by atoms with E-state index in [1.807, 2.05) is 13.8 Å². The van der Waals surface area contributed by atoms with E-state index in [4.69, 9.17) is 9.31 Å². The van der Waals surface area contributed by atoms with Gasteiger partial charge >= 0.3 is 19.1 Å². The van der Waals surface area contributed by atoms with Crippen LogP contribution in [0.4, 0.5) is 0 Å². The number of likely N-dealkylation sites (N-methyl/N-ethyl adjacent to an activating group) is 1. The van der Waals surface area contributed by atoms with Crippen LogP contribution in [-0.2, 0) is 18.9 Å². The predicted octanol–water partition coefficient (Wildman–Crippen LogP) is 0.402. The number of allylic oxidation sites excluding steroid dienone is 2. The first-order valence-electron chi connectivity index (χ1n) is 5.11. The molecule has 16 heavy (non-hydrogen) atoms. The Kier molecular flexibility index (Phi) is 4.12. The van der Waals surface area contributed by atoms with Gasteiger partial charge in [-0.05, 0) is 33.3 Å². The largest absolute Gasteiger partial charge is 0.631 e. The summed E-state index contributed by atoms with van der Waals surface area (Å²) in [4.78, 5) is 24.4. The first-order chi connectivity index (χ1) is 7.40. The van der Waals surface area contributed by atoms with Crippen molar-refractivity contribution in [2.75, 3.05) is 20.1 Å². The summed E-state index contributed by atoms with van der Waals surface area (Å²) in [6.45, 7) is 5.74. The van der Waals surface area contributed by atoms with Gasteiger partial charge < -0.3 is 9.31 Å². The molecule has 0 unspecified atom stereocenters. The fourth-order valence-electron chi connectivity index (χ4n) is 1.25. The van der Waals surface area contributed by atoms with Crippen LogP contribution in [0.3, 0.4) is 0 Å². The molecule has 0 aromatic carbocycles. The lowest BCUT2D eigenvalue weighted by Gasteiger charge is -2.23. The Balaban J connectivity index is 2.83. The van der Waals surface area contributed by atoms with E-state index in [2.05, 4.69) is 0 Å². The number of carbonyl (C=O) groups excluding carboxylic acids is 2. The van der Waals surface area contributed by atoms with Crippen LogP contribution >= 0.6 is 0 Å². The fraction of sp³-hybridized carbons (Fsp3) is 0.600. The number of carbonyl (C=O) groups is 2. The maximum Gasteiger partial charge on any atom is 0.631 e. The normalized spacial score (nSPS) is 18.4. The summed E-state index contributed by atoms with van der Waals surface area (Å²) in [5.74, 6) is -0.777. The summed E-state index contributed by atoms with van der Waals surface area (Å²) in [5, 5.41) is 0. The van der Waals surface area contributed by atoms with Gasteiger partial charge in [0.15, 0.2) is 0 Å². The summed E-state index contributed by atoms with van der Waals surface area (Å²) in [6.07, 6.45) is 0. The van der Waals surface area contributed by atoms with Crippen molar-refractivity contribution in [3.63, 3.8) is 0 Å². The molecule has 88 valence electrons. The molecule has 1 fully saturated rings. The van der Waals surface area contributed by atoms with Gasteiger partial charge in [-0.1, -0.05) is 5.57 Å². The average Bonchev–Trinajstić information content (AvgIpc) is 2.12. The SMILES string of the molecule is CC(C)=C(C)B1OC(=O)CN(C)CC(=O)O1. The maximum atomic E-state index is 11.4. The van der Waals surface area contributed by atoms with E-state index in [0.29, 0.717) is 0 Å². The highest BCUT2D eigenvalue weighted by atomic mass is 16.6. The van der Waals surface area contributed by atoms with Crippen LogP contribution in [0.25, 0.3) is 0 Å². The van der Waals surface area contributed by atoms with Gasteiger partial charge in [-0.15, -0.1) is 0 Å². The Morgan fingerprint density at radius 1 is 1.12 bits per heavy atom. The minimum atomic E-state index is -0.876. The monoisotopic (exact) mass is 225 g/mol. The van der Waals surface area contributed by atoms with Crippen molar-refractivity contribution in [2.24, 2.45) is 0 Å². The topological polar surface area (TPSA) is 55.8 Å². The van der Waals surface area contributed by atoms with Gasteiger partial charge in [0.25, 0.3) is 0 Å². The van der Waals surface area contributed by atoms with Crippen LogP contribution in [0.2, 0.25) is 0 Å². The molecular formula is C10H16BNO4. The van der Waals surface area contributed by atoms with E-state index in [1.54, 1.807) is 18.9 Å². The molecular weight excluding hydrogens is 209 g/mol. The molecule has 0 aliphatic carbocycles. The lowest BCUT2D eigenvalue weighted by atomic mass is 9.76. The predicted molar refractivity (Wildman–Crippen MR) is 59.5 cm³/mol. The second-order valence-electron chi connectivity index (χ2n) is 4.17. The zero-order valence-electron chi connectivity index (χ0n) is 10.1. The van der Waals surface area contributed by atoms with Crippen LogP contribution in [0, 0.1) is 0 Å². The fourth-order valence-corrected chi connectivity index (χ4v) is 1.25. The van der Waals surface area contributed by atoms with E-state index < -0.39 is 7.12 Å². The van der Waals surface area contributed by atoms with Crippen LogP contribution in [0.1, 0.15) is 20.8 Å². The Morgan fingerprint density at radius 2 is 1.56 bits per heavy atom. The first-order valence-corrected chi connectivity index (χ1v) is 5.11. The molecule has 0 N–H and O–H groups in total. The van der Waals surface area contributed by atoms with E-state index in [1.165, 1.54) is 0 Å². The summed E-state index contributed by atoms with van der Waals surface area (Å²) < 4.78 is 10.1. The molecule has 0 saturated carbocycles. The van der Waals surface area contributed by atoms with E-state index >= 15 is 0 Å². The van der Waals surface area contributed by atoms with Crippen LogP contribution < -0.4 is 0 Å². The highest BCUT2D eigenvalue weighted by molar-refractivity contribution is 6.57. The standard InChI is InChI=1S/C10H16BNO4/c1-7(2)8(3)11-15-9(13)5-12(4)6-10(14)16-11/h5-6H2,1-4H3. The highest BCUT2D eigenvalue weighted by Gasteiger charge is 2.33. The minimum absolute atomic E-state index is 0.0989. The molecule has 1 rings (SSSR count). The molecule has 1 heterocycles. The van der Waals surface area contributed by atoms with Gasteiger partial charge in [-0.2, -0.15) is 0 Å². The Morgan fingerprint density at radius 3 is 1.94 bits per heavy atom. The Hall–Kier alpha value is -1.30. The Labute approximate surface area is 95.5 Å². The lowest BCUT2D eigenvalue weighted by Crippen LogP contribution is -2.43.